The van der Waals surface area contributed by atoms with Crippen LogP contribution >= 0.6 is 0 Å². The van der Waals surface area contributed by atoms with Crippen LogP contribution in [0.15, 0.2) is 36.0 Å². The van der Waals surface area contributed by atoms with E-state index < -0.39 is 47.7 Å². The Morgan fingerprint density at radius 1 is 1.17 bits per heavy atom. The number of nitrogens with two attached hydrogens (primary N) is 1. The molecule has 8 nitrogen and oxygen atoms in total. The van der Waals surface area contributed by atoms with Crippen LogP contribution < -0.4 is 16.5 Å². The minimum absolute atomic E-state index is 0.0496. The predicted molar refractivity (Wildman–Crippen MR) is 127 cm³/mol. The van der Waals surface area contributed by atoms with Gasteiger partial charge >= 0.3 is 0 Å². The van der Waals surface area contributed by atoms with E-state index in [-0.39, 0.29) is 17.0 Å². The summed E-state index contributed by atoms with van der Waals surface area (Å²) in [5, 5.41) is 6.36. The standard InChI is InChI=1S/C25H28F3N5O3/c1-4-18(32(3)29)24(12-25(27,28)13-24)31-23(36)21(34)20-14(2)19(17-6-5-11-33(17)20)22(35)30-16-9-7-15(26)8-10-16/h4,7-10H,5-6,11-13,29H2,1-3H3,(H,30,35)(H,31,36)/b18-4-. The predicted octanol–water partition coefficient (Wildman–Crippen LogP) is 3.31. The van der Waals surface area contributed by atoms with Crippen molar-refractivity contribution in [1.29, 1.82) is 0 Å². The van der Waals surface area contributed by atoms with Gasteiger partial charge in [0.1, 0.15) is 5.82 Å². The number of amides is 2. The molecule has 2 heterocycles. The van der Waals surface area contributed by atoms with E-state index in [1.807, 2.05) is 0 Å². The van der Waals surface area contributed by atoms with Crippen molar-refractivity contribution in [2.75, 3.05) is 12.4 Å². The van der Waals surface area contributed by atoms with Crippen molar-refractivity contribution in [3.05, 3.63) is 64.4 Å². The lowest BCUT2D eigenvalue weighted by Crippen LogP contribution is -2.66. The first-order valence-electron chi connectivity index (χ1n) is 11.6. The van der Waals surface area contributed by atoms with Crippen LogP contribution in [-0.2, 0) is 17.8 Å². The van der Waals surface area contributed by atoms with Gasteiger partial charge in [-0.05, 0) is 56.5 Å². The fourth-order valence-corrected chi connectivity index (χ4v) is 5.40. The number of carbonyl (C=O) groups excluding carboxylic acids is 3. The number of anilines is 1. The zero-order valence-electron chi connectivity index (χ0n) is 20.3. The first kappa shape index (κ1) is 25.5. The Morgan fingerprint density at radius 3 is 2.36 bits per heavy atom. The first-order chi connectivity index (χ1) is 16.9. The molecule has 1 aromatic heterocycles. The molecule has 1 fully saturated rings. The molecule has 0 unspecified atom stereocenters. The number of hydrogen-bond donors (Lipinski definition) is 3. The molecule has 1 aromatic carbocycles. The van der Waals surface area contributed by atoms with Crippen LogP contribution in [0, 0.1) is 12.7 Å². The van der Waals surface area contributed by atoms with Crippen LogP contribution in [0.25, 0.3) is 0 Å². The highest BCUT2D eigenvalue weighted by molar-refractivity contribution is 6.43. The lowest BCUT2D eigenvalue weighted by molar-refractivity contribution is -0.140. The number of halogens is 3. The van der Waals surface area contributed by atoms with Gasteiger partial charge in [-0.25, -0.2) is 19.0 Å². The topological polar surface area (TPSA) is 109 Å². The van der Waals surface area contributed by atoms with Crippen LogP contribution in [0.3, 0.4) is 0 Å². The number of fused-ring (bicyclic) bond motifs is 1. The van der Waals surface area contributed by atoms with Crippen molar-refractivity contribution in [2.24, 2.45) is 5.84 Å². The van der Waals surface area contributed by atoms with Crippen LogP contribution in [-0.4, -0.2) is 45.7 Å². The Bertz CT molecular complexity index is 1260. The molecule has 0 spiro atoms. The molecule has 11 heteroatoms. The van der Waals surface area contributed by atoms with Gasteiger partial charge in [-0.3, -0.25) is 14.4 Å². The van der Waals surface area contributed by atoms with Gasteiger partial charge in [0, 0.05) is 37.8 Å². The number of rotatable bonds is 7. The Labute approximate surface area is 206 Å². The number of Topliss-reactive ketones (excluding diaryl/α,β-unsaturated/α-hetero) is 1. The summed E-state index contributed by atoms with van der Waals surface area (Å²) in [5.41, 5.74) is 0.421. The highest BCUT2D eigenvalue weighted by Gasteiger charge is 2.60. The van der Waals surface area contributed by atoms with Crippen LogP contribution in [0.4, 0.5) is 18.9 Å². The monoisotopic (exact) mass is 503 g/mol. The number of carbonyl (C=O) groups is 3. The molecule has 1 aliphatic heterocycles. The summed E-state index contributed by atoms with van der Waals surface area (Å²) < 4.78 is 42.7. The number of aromatic nitrogens is 1. The number of benzene rings is 1. The Kier molecular flexibility index (Phi) is 6.46. The third-order valence-electron chi connectivity index (χ3n) is 6.78. The minimum Gasteiger partial charge on any atom is -0.341 e. The van der Waals surface area contributed by atoms with Crippen molar-refractivity contribution in [3.8, 4) is 0 Å². The smallest absolute Gasteiger partial charge is 0.294 e. The summed E-state index contributed by atoms with van der Waals surface area (Å²) in [7, 11) is 1.47. The van der Waals surface area contributed by atoms with Gasteiger partial charge < -0.3 is 20.2 Å². The third-order valence-corrected chi connectivity index (χ3v) is 6.78. The highest BCUT2D eigenvalue weighted by Crippen LogP contribution is 2.49. The van der Waals surface area contributed by atoms with Crippen molar-refractivity contribution in [2.45, 2.75) is 57.5 Å². The number of nitrogens with zero attached hydrogens (tertiary/aromatic N) is 2. The van der Waals surface area contributed by atoms with E-state index in [0.29, 0.717) is 36.3 Å². The average Bonchev–Trinajstić information content (AvgIpc) is 3.33. The number of alkyl halides is 2. The van der Waals surface area contributed by atoms with E-state index in [9.17, 15) is 27.6 Å². The van der Waals surface area contributed by atoms with Crippen molar-refractivity contribution >= 4 is 23.3 Å². The van der Waals surface area contributed by atoms with Gasteiger partial charge in [0.25, 0.3) is 23.5 Å². The number of allylic oxidation sites excluding steroid dienone is 1. The maximum atomic E-state index is 13.9. The van der Waals surface area contributed by atoms with E-state index in [4.69, 9.17) is 5.84 Å². The fourth-order valence-electron chi connectivity index (χ4n) is 5.40. The highest BCUT2D eigenvalue weighted by atomic mass is 19.3. The van der Waals surface area contributed by atoms with Gasteiger partial charge in [0.2, 0.25) is 0 Å². The number of hydrogen-bond acceptors (Lipinski definition) is 5. The van der Waals surface area contributed by atoms with Crippen molar-refractivity contribution in [3.63, 3.8) is 0 Å². The second-order valence-corrected chi connectivity index (χ2v) is 9.37. The van der Waals surface area contributed by atoms with E-state index in [1.165, 1.54) is 37.4 Å². The average molecular weight is 504 g/mol. The maximum absolute atomic E-state index is 13.9. The molecular weight excluding hydrogens is 475 g/mol. The molecule has 0 radical (unpaired) electrons. The Balaban J connectivity index is 1.63. The van der Waals surface area contributed by atoms with Gasteiger partial charge in [-0.15, -0.1) is 0 Å². The number of ketones is 1. The van der Waals surface area contributed by atoms with Crippen LogP contribution in [0.1, 0.15) is 58.3 Å². The lowest BCUT2D eigenvalue weighted by Gasteiger charge is -2.50. The molecule has 1 saturated carbocycles. The molecule has 1 aliphatic carbocycles. The molecule has 4 N–H and O–H groups in total. The minimum atomic E-state index is -3.00. The number of hydrazine groups is 1. The van der Waals surface area contributed by atoms with E-state index in [0.717, 1.165) is 5.01 Å². The largest absolute Gasteiger partial charge is 0.341 e. The first-order valence-corrected chi connectivity index (χ1v) is 11.6. The zero-order valence-corrected chi connectivity index (χ0v) is 20.3. The number of nitrogens with one attached hydrogen (secondary N) is 2. The summed E-state index contributed by atoms with van der Waals surface area (Å²) in [6.07, 6.45) is 1.36. The van der Waals surface area contributed by atoms with Crippen molar-refractivity contribution < 1.29 is 27.6 Å². The number of likely N-dealkylation sites (N-methyl/N-ethyl adjacent to an activating group) is 1. The van der Waals surface area contributed by atoms with Crippen molar-refractivity contribution in [1.82, 2.24) is 14.9 Å². The normalized spacial score (nSPS) is 17.7. The van der Waals surface area contributed by atoms with Crippen LogP contribution in [0.2, 0.25) is 0 Å². The molecule has 2 aliphatic rings. The van der Waals surface area contributed by atoms with Gasteiger partial charge in [-0.1, -0.05) is 6.08 Å². The Morgan fingerprint density at radius 2 is 1.81 bits per heavy atom. The van der Waals surface area contributed by atoms with Gasteiger partial charge in [0.05, 0.1) is 22.5 Å². The molecule has 0 saturated heterocycles. The van der Waals surface area contributed by atoms with E-state index in [2.05, 4.69) is 10.6 Å². The molecule has 0 bridgehead atoms. The summed E-state index contributed by atoms with van der Waals surface area (Å²) >= 11 is 0. The molecule has 36 heavy (non-hydrogen) atoms. The molecule has 192 valence electrons. The quantitative estimate of drug-likeness (QED) is 0.233. The van der Waals surface area contributed by atoms with Crippen LogP contribution in [0.5, 0.6) is 0 Å². The molecule has 0 atom stereocenters. The fraction of sp³-hybridized carbons (Fsp3) is 0.400. The van der Waals surface area contributed by atoms with E-state index in [1.54, 1.807) is 18.4 Å². The Hall–Kier alpha value is -3.60. The summed E-state index contributed by atoms with van der Waals surface area (Å²) in [6.45, 7) is 3.62. The second-order valence-electron chi connectivity index (χ2n) is 9.37. The summed E-state index contributed by atoms with van der Waals surface area (Å²) in [6, 6.07) is 5.26. The lowest BCUT2D eigenvalue weighted by atomic mass is 9.70. The molecule has 4 rings (SSSR count). The second kappa shape index (κ2) is 9.12. The summed E-state index contributed by atoms with van der Waals surface area (Å²) in [5.74, 6) is -0.0842. The maximum Gasteiger partial charge on any atom is 0.294 e. The third kappa shape index (κ3) is 4.39. The van der Waals surface area contributed by atoms with Gasteiger partial charge in [0.15, 0.2) is 0 Å². The van der Waals surface area contributed by atoms with Gasteiger partial charge in [-0.2, -0.15) is 0 Å². The molecular formula is C25H28F3N5O3. The zero-order chi connectivity index (χ0) is 26.4. The summed E-state index contributed by atoms with van der Waals surface area (Å²) in [4.78, 5) is 39.6. The van der Waals surface area contributed by atoms with E-state index >= 15 is 0 Å². The molecule has 2 aromatic rings. The molecule has 2 amide bonds. The SMILES string of the molecule is C/C=C(\N(C)N)C1(NC(=O)C(=O)c2c(C)c(C(=O)Nc3ccc(F)cc3)c3n2CCC3)CC(F)(F)C1.